The van der Waals surface area contributed by atoms with Gasteiger partial charge in [-0.1, -0.05) is 29.8 Å². The van der Waals surface area contributed by atoms with Gasteiger partial charge in [-0.15, -0.1) is 0 Å². The van der Waals surface area contributed by atoms with Crippen molar-refractivity contribution in [3.63, 3.8) is 0 Å². The zero-order valence-electron chi connectivity index (χ0n) is 17.6. The van der Waals surface area contributed by atoms with Gasteiger partial charge in [-0.25, -0.2) is 23.2 Å². The van der Waals surface area contributed by atoms with Crippen LogP contribution in [0.25, 0.3) is 11.0 Å². The van der Waals surface area contributed by atoms with Crippen molar-refractivity contribution in [2.24, 2.45) is 0 Å². The van der Waals surface area contributed by atoms with Crippen LogP contribution in [0.15, 0.2) is 47.5 Å². The molecule has 3 rings (SSSR count). The van der Waals surface area contributed by atoms with E-state index >= 15 is 0 Å². The first-order valence-corrected chi connectivity index (χ1v) is 11.6. The molecule has 0 unspecified atom stereocenters. The fraction of sp³-hybridized carbons (Fsp3) is 0.286. The minimum Gasteiger partial charge on any atom is -0.493 e. The Morgan fingerprint density at radius 2 is 1.77 bits per heavy atom. The van der Waals surface area contributed by atoms with Crippen molar-refractivity contribution in [2.45, 2.75) is 25.3 Å². The summed E-state index contributed by atoms with van der Waals surface area (Å²) in [4.78, 5) is 20.4. The van der Waals surface area contributed by atoms with E-state index in [0.717, 1.165) is 17.6 Å². The number of hydrogen-bond donors (Lipinski definition) is 3. The highest BCUT2D eigenvalue weighted by molar-refractivity contribution is 7.90. The molecule has 0 aliphatic rings. The molecule has 0 aliphatic carbocycles. The number of rotatable bonds is 8. The van der Waals surface area contributed by atoms with E-state index < -0.39 is 15.9 Å². The van der Waals surface area contributed by atoms with Crippen molar-refractivity contribution >= 4 is 32.7 Å². The van der Waals surface area contributed by atoms with Crippen molar-refractivity contribution in [1.29, 1.82) is 0 Å². The molecule has 2 aromatic carbocycles. The number of hydrazine groups is 1. The largest absolute Gasteiger partial charge is 0.493 e. The zero-order chi connectivity index (χ0) is 22.4. The Morgan fingerprint density at radius 1 is 1.06 bits per heavy atom. The smallest absolute Gasteiger partial charge is 0.333 e. The Kier molecular flexibility index (Phi) is 6.91. The Bertz CT molecular complexity index is 1200. The van der Waals surface area contributed by atoms with Crippen molar-refractivity contribution < 1.29 is 17.9 Å². The Morgan fingerprint density at radius 3 is 2.45 bits per heavy atom. The normalized spacial score (nSPS) is 11.2. The summed E-state index contributed by atoms with van der Waals surface area (Å²) < 4.78 is 29.8. The van der Waals surface area contributed by atoms with Crippen LogP contribution < -0.4 is 20.9 Å². The molecular formula is C21H25N5O4S. The third kappa shape index (κ3) is 6.05. The number of anilines is 1. The number of para-hydroxylation sites is 2. The molecule has 0 spiro atoms. The summed E-state index contributed by atoms with van der Waals surface area (Å²) >= 11 is 0. The van der Waals surface area contributed by atoms with Crippen LogP contribution in [-0.2, 0) is 9.84 Å². The van der Waals surface area contributed by atoms with Gasteiger partial charge in [-0.05, 0) is 44.0 Å². The van der Waals surface area contributed by atoms with Gasteiger partial charge in [0.1, 0.15) is 5.75 Å². The molecule has 0 aliphatic heterocycles. The van der Waals surface area contributed by atoms with Gasteiger partial charge in [0.2, 0.25) is 0 Å². The van der Waals surface area contributed by atoms with Gasteiger partial charge in [0, 0.05) is 12.8 Å². The van der Waals surface area contributed by atoms with Gasteiger partial charge in [0.15, 0.2) is 20.7 Å². The lowest BCUT2D eigenvalue weighted by molar-refractivity contribution is 0.241. The highest BCUT2D eigenvalue weighted by Crippen LogP contribution is 2.20. The fourth-order valence-electron chi connectivity index (χ4n) is 2.90. The molecule has 0 bridgehead atoms. The number of sulfone groups is 1. The lowest BCUT2D eigenvalue weighted by atomic mass is 10.1. The number of urea groups is 1. The van der Waals surface area contributed by atoms with Crippen molar-refractivity contribution in [3.8, 4) is 5.75 Å². The van der Waals surface area contributed by atoms with Crippen LogP contribution in [0.2, 0.25) is 0 Å². The summed E-state index contributed by atoms with van der Waals surface area (Å²) in [7, 11) is -3.65. The number of amides is 2. The average Bonchev–Trinajstić information content (AvgIpc) is 2.72. The topological polar surface area (TPSA) is 122 Å². The van der Waals surface area contributed by atoms with Gasteiger partial charge in [-0.2, -0.15) is 0 Å². The monoisotopic (exact) mass is 443 g/mol. The second-order valence-electron chi connectivity index (χ2n) is 7.12. The maximum atomic E-state index is 12.1. The number of carbonyl (C=O) groups excluding carboxylic acids is 1. The fourth-order valence-corrected chi connectivity index (χ4v) is 3.61. The maximum absolute atomic E-state index is 12.1. The van der Waals surface area contributed by atoms with Crippen LogP contribution in [0, 0.1) is 13.8 Å². The standard InChI is InChI=1S/C21H25N5O4S/c1-14-9-10-18(15(2)13-14)30-12-6-11-22-21(27)26-25-19-20(31(3,28)29)24-17-8-5-4-7-16(17)23-19/h4-5,7-10,13H,6,11-12H2,1-3H3,(H,23,25)(H2,22,26,27). The Labute approximate surface area is 181 Å². The minimum absolute atomic E-state index is 0.0467. The number of ether oxygens (including phenoxy) is 1. The van der Waals surface area contributed by atoms with E-state index in [0.29, 0.717) is 30.6 Å². The second-order valence-corrected chi connectivity index (χ2v) is 9.05. The third-order valence-corrected chi connectivity index (χ3v) is 5.37. The van der Waals surface area contributed by atoms with E-state index in [9.17, 15) is 13.2 Å². The second kappa shape index (κ2) is 9.61. The lowest BCUT2D eigenvalue weighted by Crippen LogP contribution is -2.40. The lowest BCUT2D eigenvalue weighted by Gasteiger charge is -2.13. The number of nitrogens with one attached hydrogen (secondary N) is 3. The van der Waals surface area contributed by atoms with E-state index in [1.807, 2.05) is 32.0 Å². The van der Waals surface area contributed by atoms with Crippen molar-refractivity contribution in [1.82, 2.24) is 20.7 Å². The van der Waals surface area contributed by atoms with Crippen LogP contribution >= 0.6 is 0 Å². The highest BCUT2D eigenvalue weighted by atomic mass is 32.2. The molecule has 0 saturated heterocycles. The summed E-state index contributed by atoms with van der Waals surface area (Å²) in [5.74, 6) is 0.773. The first-order valence-electron chi connectivity index (χ1n) is 9.71. The van der Waals surface area contributed by atoms with Crippen LogP contribution in [-0.4, -0.2) is 43.8 Å². The first-order chi connectivity index (χ1) is 14.7. The van der Waals surface area contributed by atoms with Crippen LogP contribution in [0.4, 0.5) is 10.6 Å². The van der Waals surface area contributed by atoms with Gasteiger partial charge in [0.05, 0.1) is 17.6 Å². The number of aryl methyl sites for hydroxylation is 2. The number of nitrogens with zero attached hydrogens (tertiary/aromatic N) is 2. The van der Waals surface area contributed by atoms with Gasteiger partial charge >= 0.3 is 6.03 Å². The summed E-state index contributed by atoms with van der Waals surface area (Å²) in [6.07, 6.45) is 1.64. The van der Waals surface area contributed by atoms with E-state index in [4.69, 9.17) is 4.74 Å². The number of fused-ring (bicyclic) bond motifs is 1. The molecule has 31 heavy (non-hydrogen) atoms. The van der Waals surface area contributed by atoms with E-state index in [1.54, 1.807) is 24.3 Å². The van der Waals surface area contributed by atoms with Gasteiger partial charge in [0.25, 0.3) is 0 Å². The van der Waals surface area contributed by atoms with Crippen LogP contribution in [0.3, 0.4) is 0 Å². The molecule has 9 nitrogen and oxygen atoms in total. The Hall–Kier alpha value is -3.40. The average molecular weight is 444 g/mol. The van der Waals surface area contributed by atoms with Gasteiger partial charge < -0.3 is 10.1 Å². The van der Waals surface area contributed by atoms with E-state index in [2.05, 4.69) is 26.1 Å². The van der Waals surface area contributed by atoms with Crippen LogP contribution in [0.5, 0.6) is 5.75 Å². The molecule has 164 valence electrons. The molecular weight excluding hydrogens is 418 g/mol. The number of benzene rings is 2. The number of carbonyl (C=O) groups is 1. The van der Waals surface area contributed by atoms with E-state index in [1.165, 1.54) is 5.56 Å². The predicted octanol–water partition coefficient (Wildman–Crippen LogP) is 2.75. The van der Waals surface area contributed by atoms with Crippen molar-refractivity contribution in [2.75, 3.05) is 24.8 Å². The summed E-state index contributed by atoms with van der Waals surface area (Å²) in [5.41, 5.74) is 8.12. The summed E-state index contributed by atoms with van der Waals surface area (Å²) in [6, 6.07) is 12.3. The SMILES string of the molecule is Cc1ccc(OCCCNC(=O)NNc2nc3ccccc3nc2S(C)(=O)=O)c(C)c1. The molecule has 0 saturated carbocycles. The molecule has 3 aromatic rings. The number of aromatic nitrogens is 2. The predicted molar refractivity (Wildman–Crippen MR) is 119 cm³/mol. The zero-order valence-corrected chi connectivity index (χ0v) is 18.4. The maximum Gasteiger partial charge on any atom is 0.333 e. The Balaban J connectivity index is 1.51. The quantitative estimate of drug-likeness (QED) is 0.361. The summed E-state index contributed by atoms with van der Waals surface area (Å²) in [6.45, 7) is 4.84. The molecule has 2 amide bonds. The van der Waals surface area contributed by atoms with Crippen LogP contribution in [0.1, 0.15) is 17.5 Å². The molecule has 0 fully saturated rings. The molecule has 0 radical (unpaired) electrons. The minimum atomic E-state index is -3.65. The number of hydrogen-bond acceptors (Lipinski definition) is 7. The summed E-state index contributed by atoms with van der Waals surface area (Å²) in [5, 5.41) is 2.43. The molecule has 3 N–H and O–H groups in total. The van der Waals surface area contributed by atoms with E-state index in [-0.39, 0.29) is 10.8 Å². The first kappa shape index (κ1) is 22.3. The van der Waals surface area contributed by atoms with Gasteiger partial charge in [-0.3, -0.25) is 10.9 Å². The molecule has 0 atom stereocenters. The molecule has 10 heteroatoms. The molecule has 1 aromatic heterocycles. The van der Waals surface area contributed by atoms with Crippen molar-refractivity contribution in [3.05, 3.63) is 53.6 Å². The highest BCUT2D eigenvalue weighted by Gasteiger charge is 2.18. The molecule has 1 heterocycles. The third-order valence-electron chi connectivity index (χ3n) is 4.38.